The second kappa shape index (κ2) is 6.68. The summed E-state index contributed by atoms with van der Waals surface area (Å²) in [6.45, 7) is 9.56. The van der Waals surface area contributed by atoms with Gasteiger partial charge in [-0.3, -0.25) is 9.69 Å². The molecule has 1 aliphatic rings. The lowest BCUT2D eigenvalue weighted by molar-refractivity contribution is -0.117. The van der Waals surface area contributed by atoms with E-state index < -0.39 is 0 Å². The van der Waals surface area contributed by atoms with Crippen LogP contribution < -0.4 is 5.32 Å². The Balaban J connectivity index is 1.71. The Labute approximate surface area is 113 Å². The lowest BCUT2D eigenvalue weighted by atomic mass is 10.3. The number of nitrogens with one attached hydrogen (secondary N) is 1. The monoisotopic (exact) mass is 266 g/mol. The normalized spacial score (nSPS) is 17.6. The molecule has 1 saturated heterocycles. The number of carbonyl (C=O) groups excluding carboxylic acids is 1. The number of anilines is 1. The first-order valence-electron chi connectivity index (χ1n) is 6.85. The molecule has 19 heavy (non-hydrogen) atoms. The van der Waals surface area contributed by atoms with E-state index in [1.165, 1.54) is 6.42 Å². The predicted octanol–water partition coefficient (Wildman–Crippen LogP) is 0.949. The van der Waals surface area contributed by atoms with Gasteiger partial charge in [0.2, 0.25) is 5.91 Å². The number of amides is 1. The van der Waals surface area contributed by atoms with Crippen molar-refractivity contribution >= 4 is 11.7 Å². The highest BCUT2D eigenvalue weighted by Gasteiger charge is 2.18. The summed E-state index contributed by atoms with van der Waals surface area (Å²) in [5.41, 5.74) is 0. The lowest BCUT2D eigenvalue weighted by Gasteiger charge is -2.33. The zero-order valence-electron chi connectivity index (χ0n) is 11.7. The maximum atomic E-state index is 11.8. The Morgan fingerprint density at radius 1 is 1.37 bits per heavy atom. The van der Waals surface area contributed by atoms with Gasteiger partial charge in [0.25, 0.3) is 0 Å². The van der Waals surface area contributed by atoms with E-state index >= 15 is 0 Å². The fourth-order valence-corrected chi connectivity index (χ4v) is 2.30. The number of piperazine rings is 1. The van der Waals surface area contributed by atoms with E-state index in [0.717, 1.165) is 32.7 Å². The van der Waals surface area contributed by atoms with E-state index in [4.69, 9.17) is 4.52 Å². The summed E-state index contributed by atoms with van der Waals surface area (Å²) in [6, 6.07) is 1.72. The summed E-state index contributed by atoms with van der Waals surface area (Å²) in [6.07, 6.45) is 1.19. The van der Waals surface area contributed by atoms with Gasteiger partial charge in [0.05, 0.1) is 6.54 Å². The second-order valence-electron chi connectivity index (χ2n) is 4.99. The van der Waals surface area contributed by atoms with Crippen molar-refractivity contribution in [3.63, 3.8) is 0 Å². The lowest BCUT2D eigenvalue weighted by Crippen LogP contribution is -2.48. The molecule has 6 heteroatoms. The highest BCUT2D eigenvalue weighted by molar-refractivity contribution is 5.91. The van der Waals surface area contributed by atoms with Crippen molar-refractivity contribution in [1.82, 2.24) is 15.0 Å². The number of hydrogen-bond acceptors (Lipinski definition) is 5. The van der Waals surface area contributed by atoms with Gasteiger partial charge < -0.3 is 14.7 Å². The molecular formula is C13H22N4O2. The Kier molecular flexibility index (Phi) is 4.93. The number of hydrogen-bond donors (Lipinski definition) is 1. The molecule has 0 radical (unpaired) electrons. The molecular weight excluding hydrogens is 244 g/mol. The zero-order valence-corrected chi connectivity index (χ0v) is 11.7. The minimum absolute atomic E-state index is 0.0303. The van der Waals surface area contributed by atoms with Crippen LogP contribution in [-0.2, 0) is 4.79 Å². The molecule has 1 aromatic rings. The topological polar surface area (TPSA) is 61.6 Å². The molecule has 0 saturated carbocycles. The Morgan fingerprint density at radius 3 is 2.63 bits per heavy atom. The van der Waals surface area contributed by atoms with Crippen molar-refractivity contribution in [2.75, 3.05) is 44.6 Å². The summed E-state index contributed by atoms with van der Waals surface area (Å²) < 4.78 is 4.91. The maximum Gasteiger partial charge on any atom is 0.239 e. The molecule has 6 nitrogen and oxygen atoms in total. The van der Waals surface area contributed by atoms with Crippen LogP contribution in [0.25, 0.3) is 0 Å². The summed E-state index contributed by atoms with van der Waals surface area (Å²) in [5, 5.41) is 6.50. The van der Waals surface area contributed by atoms with Crippen LogP contribution >= 0.6 is 0 Å². The molecule has 106 valence electrons. The van der Waals surface area contributed by atoms with E-state index in [9.17, 15) is 4.79 Å². The summed E-state index contributed by atoms with van der Waals surface area (Å²) in [5.74, 6) is 1.16. The van der Waals surface area contributed by atoms with E-state index in [1.54, 1.807) is 13.0 Å². The molecule has 0 spiro atoms. The maximum absolute atomic E-state index is 11.8. The van der Waals surface area contributed by atoms with Crippen LogP contribution in [-0.4, -0.2) is 60.1 Å². The van der Waals surface area contributed by atoms with Gasteiger partial charge in [-0.25, -0.2) is 0 Å². The van der Waals surface area contributed by atoms with E-state index in [2.05, 4.69) is 27.2 Å². The third-order valence-electron chi connectivity index (χ3n) is 3.27. The highest BCUT2D eigenvalue weighted by Crippen LogP contribution is 2.07. The summed E-state index contributed by atoms with van der Waals surface area (Å²) in [7, 11) is 0. The van der Waals surface area contributed by atoms with E-state index in [1.807, 2.05) is 0 Å². The van der Waals surface area contributed by atoms with Crippen molar-refractivity contribution < 1.29 is 9.32 Å². The van der Waals surface area contributed by atoms with Crippen molar-refractivity contribution in [1.29, 1.82) is 0 Å². The molecule has 1 fully saturated rings. The Bertz CT molecular complexity index is 411. The number of aromatic nitrogens is 1. The third kappa shape index (κ3) is 4.33. The molecule has 0 unspecified atom stereocenters. The minimum atomic E-state index is -0.0303. The molecule has 2 rings (SSSR count). The van der Waals surface area contributed by atoms with Crippen LogP contribution in [0, 0.1) is 6.92 Å². The molecule has 1 aliphatic heterocycles. The van der Waals surface area contributed by atoms with Crippen LogP contribution in [0.15, 0.2) is 10.6 Å². The van der Waals surface area contributed by atoms with Gasteiger partial charge in [-0.1, -0.05) is 12.1 Å². The zero-order chi connectivity index (χ0) is 13.7. The summed E-state index contributed by atoms with van der Waals surface area (Å²) >= 11 is 0. The molecule has 2 heterocycles. The molecule has 0 atom stereocenters. The number of aryl methyl sites for hydroxylation is 1. The Morgan fingerprint density at radius 2 is 2.05 bits per heavy atom. The molecule has 0 aromatic carbocycles. The van der Waals surface area contributed by atoms with Crippen LogP contribution in [0.1, 0.15) is 19.1 Å². The minimum Gasteiger partial charge on any atom is -0.360 e. The van der Waals surface area contributed by atoms with Gasteiger partial charge in [0.1, 0.15) is 5.76 Å². The fourth-order valence-electron chi connectivity index (χ4n) is 2.30. The smallest absolute Gasteiger partial charge is 0.239 e. The van der Waals surface area contributed by atoms with Gasteiger partial charge >= 0.3 is 0 Å². The van der Waals surface area contributed by atoms with Crippen molar-refractivity contribution in [2.45, 2.75) is 20.3 Å². The number of nitrogens with zero attached hydrogens (tertiary/aromatic N) is 3. The first kappa shape index (κ1) is 14.0. The predicted molar refractivity (Wildman–Crippen MR) is 73.0 cm³/mol. The number of rotatable bonds is 5. The molecule has 0 aliphatic carbocycles. The average molecular weight is 266 g/mol. The first-order valence-corrected chi connectivity index (χ1v) is 6.85. The molecule has 1 amide bonds. The van der Waals surface area contributed by atoms with Crippen LogP contribution in [0.2, 0.25) is 0 Å². The van der Waals surface area contributed by atoms with Crippen molar-refractivity contribution in [3.8, 4) is 0 Å². The van der Waals surface area contributed by atoms with Crippen molar-refractivity contribution in [3.05, 3.63) is 11.8 Å². The van der Waals surface area contributed by atoms with Gasteiger partial charge in [-0.2, -0.15) is 0 Å². The van der Waals surface area contributed by atoms with Crippen LogP contribution in [0.5, 0.6) is 0 Å². The first-order chi connectivity index (χ1) is 9.17. The second-order valence-corrected chi connectivity index (χ2v) is 4.99. The van der Waals surface area contributed by atoms with Gasteiger partial charge in [0, 0.05) is 32.2 Å². The quantitative estimate of drug-likeness (QED) is 0.859. The Hall–Kier alpha value is -1.40. The van der Waals surface area contributed by atoms with E-state index in [0.29, 0.717) is 18.1 Å². The highest BCUT2D eigenvalue weighted by atomic mass is 16.5. The van der Waals surface area contributed by atoms with Gasteiger partial charge in [0.15, 0.2) is 5.82 Å². The molecule has 0 bridgehead atoms. The summed E-state index contributed by atoms with van der Waals surface area (Å²) in [4.78, 5) is 16.5. The largest absolute Gasteiger partial charge is 0.360 e. The van der Waals surface area contributed by atoms with Crippen LogP contribution in [0.4, 0.5) is 5.82 Å². The van der Waals surface area contributed by atoms with Gasteiger partial charge in [-0.05, 0) is 19.9 Å². The van der Waals surface area contributed by atoms with Crippen molar-refractivity contribution in [2.24, 2.45) is 0 Å². The SMILES string of the molecule is CCCN1CCN(CC(=O)Nc2cc(C)on2)CC1. The third-order valence-corrected chi connectivity index (χ3v) is 3.27. The standard InChI is InChI=1S/C13H22N4O2/c1-3-4-16-5-7-17(8-6-16)10-13(18)14-12-9-11(2)19-15-12/h9H,3-8,10H2,1-2H3,(H,14,15,18). The average Bonchev–Trinajstić information content (AvgIpc) is 2.77. The van der Waals surface area contributed by atoms with Gasteiger partial charge in [-0.15, -0.1) is 0 Å². The molecule has 1 aromatic heterocycles. The fraction of sp³-hybridized carbons (Fsp3) is 0.692. The van der Waals surface area contributed by atoms with Crippen LogP contribution in [0.3, 0.4) is 0 Å². The number of carbonyl (C=O) groups is 1. The molecule has 1 N–H and O–H groups in total. The van der Waals surface area contributed by atoms with E-state index in [-0.39, 0.29) is 5.91 Å².